The number of hydrogen-bond donors (Lipinski definition) is 3. The standard InChI is InChI=1S/C12H17NO2/c13-11(8-14)10-3-1-9(2-4-10)7-12(15)5-6-12/h1-4,11,14-15H,5-8,13H2. The van der Waals surface area contributed by atoms with E-state index in [2.05, 4.69) is 0 Å². The van der Waals surface area contributed by atoms with E-state index in [-0.39, 0.29) is 12.6 Å². The quantitative estimate of drug-likeness (QED) is 0.682. The minimum atomic E-state index is -0.444. The minimum Gasteiger partial charge on any atom is -0.394 e. The fraction of sp³-hybridized carbons (Fsp3) is 0.500. The summed E-state index contributed by atoms with van der Waals surface area (Å²) >= 11 is 0. The molecule has 1 saturated carbocycles. The SMILES string of the molecule is NC(CO)c1ccc(CC2(O)CC2)cc1. The third-order valence-corrected chi connectivity index (χ3v) is 2.96. The number of aliphatic hydroxyl groups excluding tert-OH is 1. The lowest BCUT2D eigenvalue weighted by atomic mass is 10.0. The highest BCUT2D eigenvalue weighted by Crippen LogP contribution is 2.38. The number of nitrogens with two attached hydrogens (primary N) is 1. The van der Waals surface area contributed by atoms with Gasteiger partial charge in [-0.05, 0) is 24.0 Å². The summed E-state index contributed by atoms with van der Waals surface area (Å²) in [5.74, 6) is 0. The molecular formula is C12H17NO2. The summed E-state index contributed by atoms with van der Waals surface area (Å²) in [5, 5.41) is 18.6. The van der Waals surface area contributed by atoms with Crippen LogP contribution in [0.2, 0.25) is 0 Å². The Morgan fingerprint density at radius 1 is 1.27 bits per heavy atom. The van der Waals surface area contributed by atoms with Gasteiger partial charge in [0, 0.05) is 6.42 Å². The zero-order chi connectivity index (χ0) is 10.9. The molecule has 1 aromatic carbocycles. The lowest BCUT2D eigenvalue weighted by molar-refractivity contribution is 0.151. The molecule has 1 aromatic rings. The molecule has 0 spiro atoms. The predicted molar refractivity (Wildman–Crippen MR) is 58.3 cm³/mol. The van der Waals surface area contributed by atoms with Crippen molar-refractivity contribution in [3.05, 3.63) is 35.4 Å². The molecule has 1 atom stereocenters. The molecule has 3 nitrogen and oxygen atoms in total. The predicted octanol–water partition coefficient (Wildman–Crippen LogP) is 0.746. The summed E-state index contributed by atoms with van der Waals surface area (Å²) in [6, 6.07) is 7.48. The Morgan fingerprint density at radius 3 is 2.33 bits per heavy atom. The molecule has 0 amide bonds. The second-order valence-corrected chi connectivity index (χ2v) is 4.43. The van der Waals surface area contributed by atoms with Crippen LogP contribution in [-0.4, -0.2) is 22.4 Å². The first kappa shape index (κ1) is 10.6. The van der Waals surface area contributed by atoms with E-state index in [9.17, 15) is 5.11 Å². The van der Waals surface area contributed by atoms with Crippen molar-refractivity contribution in [3.63, 3.8) is 0 Å². The van der Waals surface area contributed by atoms with E-state index in [1.165, 1.54) is 0 Å². The van der Waals surface area contributed by atoms with Crippen molar-refractivity contribution in [2.45, 2.75) is 30.9 Å². The summed E-state index contributed by atoms with van der Waals surface area (Å²) < 4.78 is 0. The Bertz CT molecular complexity index is 330. The van der Waals surface area contributed by atoms with Gasteiger partial charge in [0.25, 0.3) is 0 Å². The summed E-state index contributed by atoms with van der Waals surface area (Å²) in [6.45, 7) is -0.0384. The van der Waals surface area contributed by atoms with Crippen LogP contribution < -0.4 is 5.73 Å². The van der Waals surface area contributed by atoms with Crippen molar-refractivity contribution in [2.75, 3.05) is 6.61 Å². The molecule has 0 bridgehead atoms. The molecule has 0 saturated heterocycles. The Hall–Kier alpha value is -0.900. The Morgan fingerprint density at radius 2 is 1.87 bits per heavy atom. The van der Waals surface area contributed by atoms with E-state index in [1.54, 1.807) is 0 Å². The van der Waals surface area contributed by atoms with Crippen LogP contribution in [0.25, 0.3) is 0 Å². The van der Waals surface area contributed by atoms with Crippen molar-refractivity contribution in [1.29, 1.82) is 0 Å². The van der Waals surface area contributed by atoms with E-state index in [0.717, 1.165) is 30.4 Å². The van der Waals surface area contributed by atoms with Gasteiger partial charge in [-0.25, -0.2) is 0 Å². The van der Waals surface area contributed by atoms with Crippen molar-refractivity contribution in [1.82, 2.24) is 0 Å². The van der Waals surface area contributed by atoms with Crippen LogP contribution in [0.3, 0.4) is 0 Å². The zero-order valence-corrected chi connectivity index (χ0v) is 8.69. The van der Waals surface area contributed by atoms with Crippen LogP contribution in [0.1, 0.15) is 30.0 Å². The third-order valence-electron chi connectivity index (χ3n) is 2.96. The average molecular weight is 207 g/mol. The highest BCUT2D eigenvalue weighted by atomic mass is 16.3. The molecule has 1 fully saturated rings. The second kappa shape index (κ2) is 3.93. The maximum atomic E-state index is 9.74. The van der Waals surface area contributed by atoms with Gasteiger partial charge in [0.1, 0.15) is 0 Å². The Balaban J connectivity index is 2.03. The lowest BCUT2D eigenvalue weighted by Gasteiger charge is -2.11. The molecule has 2 rings (SSSR count). The van der Waals surface area contributed by atoms with Crippen molar-refractivity contribution in [3.8, 4) is 0 Å². The Labute approximate surface area is 89.5 Å². The van der Waals surface area contributed by atoms with E-state index in [4.69, 9.17) is 10.8 Å². The molecule has 0 heterocycles. The van der Waals surface area contributed by atoms with Crippen molar-refractivity contribution in [2.24, 2.45) is 5.73 Å². The third kappa shape index (κ3) is 2.56. The highest BCUT2D eigenvalue weighted by molar-refractivity contribution is 5.26. The van der Waals surface area contributed by atoms with Gasteiger partial charge in [-0.1, -0.05) is 24.3 Å². The molecule has 1 aliphatic carbocycles. The van der Waals surface area contributed by atoms with Crippen LogP contribution in [0.5, 0.6) is 0 Å². The van der Waals surface area contributed by atoms with Gasteiger partial charge in [0.2, 0.25) is 0 Å². The van der Waals surface area contributed by atoms with E-state index in [1.807, 2.05) is 24.3 Å². The molecule has 0 aromatic heterocycles. The van der Waals surface area contributed by atoms with Gasteiger partial charge in [-0.15, -0.1) is 0 Å². The molecular weight excluding hydrogens is 190 g/mol. The van der Waals surface area contributed by atoms with Crippen molar-refractivity contribution < 1.29 is 10.2 Å². The summed E-state index contributed by atoms with van der Waals surface area (Å²) in [6.07, 6.45) is 2.54. The van der Waals surface area contributed by atoms with Crippen LogP contribution in [0, 0.1) is 0 Å². The van der Waals surface area contributed by atoms with Gasteiger partial charge >= 0.3 is 0 Å². The van der Waals surface area contributed by atoms with Gasteiger partial charge < -0.3 is 15.9 Å². The molecule has 3 heteroatoms. The molecule has 4 N–H and O–H groups in total. The van der Waals surface area contributed by atoms with Crippen LogP contribution in [0.15, 0.2) is 24.3 Å². The second-order valence-electron chi connectivity index (χ2n) is 4.43. The smallest absolute Gasteiger partial charge is 0.0690 e. The highest BCUT2D eigenvalue weighted by Gasteiger charge is 2.39. The first-order valence-electron chi connectivity index (χ1n) is 5.31. The molecule has 0 aliphatic heterocycles. The number of benzene rings is 1. The lowest BCUT2D eigenvalue weighted by Crippen LogP contribution is -2.15. The fourth-order valence-electron chi connectivity index (χ4n) is 1.69. The summed E-state index contributed by atoms with van der Waals surface area (Å²) in [7, 11) is 0. The van der Waals surface area contributed by atoms with Gasteiger partial charge in [0.05, 0.1) is 18.2 Å². The number of rotatable bonds is 4. The largest absolute Gasteiger partial charge is 0.394 e. The molecule has 82 valence electrons. The monoisotopic (exact) mass is 207 g/mol. The van der Waals surface area contributed by atoms with E-state index >= 15 is 0 Å². The maximum Gasteiger partial charge on any atom is 0.0690 e. The Kier molecular flexibility index (Phi) is 2.78. The summed E-state index contributed by atoms with van der Waals surface area (Å²) in [5.41, 5.74) is 7.30. The van der Waals surface area contributed by atoms with Crippen molar-refractivity contribution >= 4 is 0 Å². The molecule has 15 heavy (non-hydrogen) atoms. The average Bonchev–Trinajstić information content (AvgIpc) is 2.96. The molecule has 1 unspecified atom stereocenters. The van der Waals surface area contributed by atoms with E-state index in [0.29, 0.717) is 0 Å². The molecule has 0 radical (unpaired) electrons. The van der Waals surface area contributed by atoms with Crippen LogP contribution in [0.4, 0.5) is 0 Å². The normalized spacial score (nSPS) is 19.9. The topological polar surface area (TPSA) is 66.5 Å². The summed E-state index contributed by atoms with van der Waals surface area (Å²) in [4.78, 5) is 0. The van der Waals surface area contributed by atoms with Crippen LogP contribution >= 0.6 is 0 Å². The number of aliphatic hydroxyl groups is 2. The fourth-order valence-corrected chi connectivity index (χ4v) is 1.69. The first-order chi connectivity index (χ1) is 7.13. The molecule has 1 aliphatic rings. The van der Waals surface area contributed by atoms with Crippen LogP contribution in [-0.2, 0) is 6.42 Å². The first-order valence-corrected chi connectivity index (χ1v) is 5.31. The van der Waals surface area contributed by atoms with E-state index < -0.39 is 5.60 Å². The number of hydrogen-bond acceptors (Lipinski definition) is 3. The minimum absolute atomic E-state index is 0.0384. The maximum absolute atomic E-state index is 9.74. The van der Waals surface area contributed by atoms with Gasteiger partial charge in [0.15, 0.2) is 0 Å². The zero-order valence-electron chi connectivity index (χ0n) is 8.69. The van der Waals surface area contributed by atoms with Gasteiger partial charge in [-0.3, -0.25) is 0 Å². The van der Waals surface area contributed by atoms with Gasteiger partial charge in [-0.2, -0.15) is 0 Å².